The van der Waals surface area contributed by atoms with E-state index in [0.717, 1.165) is 6.07 Å². The summed E-state index contributed by atoms with van der Waals surface area (Å²) in [5, 5.41) is 0. The van der Waals surface area contributed by atoms with Gasteiger partial charge in [-0.2, -0.15) is 4.39 Å². The quantitative estimate of drug-likeness (QED) is 0.563. The zero-order valence-electron chi connectivity index (χ0n) is 9.79. The van der Waals surface area contributed by atoms with Crippen molar-refractivity contribution in [3.63, 3.8) is 0 Å². The predicted molar refractivity (Wildman–Crippen MR) is 84.2 cm³/mol. The van der Waals surface area contributed by atoms with Gasteiger partial charge in [0.1, 0.15) is 10.7 Å². The van der Waals surface area contributed by atoms with Gasteiger partial charge in [-0.3, -0.25) is 0 Å². The number of nitrogens with two attached hydrogens (primary N) is 1. The molecule has 7 heteroatoms. The Bertz CT molecular complexity index is 694. The second-order valence-electron chi connectivity index (χ2n) is 3.81. The summed E-state index contributed by atoms with van der Waals surface area (Å²) in [5.74, 6) is -1.93. The highest BCUT2D eigenvalue weighted by atomic mass is 79.9. The summed E-state index contributed by atoms with van der Waals surface area (Å²) in [6, 6.07) is 7.14. The van der Waals surface area contributed by atoms with Crippen LogP contribution in [0.25, 0.3) is 0 Å². The molecule has 0 bridgehead atoms. The average Bonchev–Trinajstić information content (AvgIpc) is 2.35. The van der Waals surface area contributed by atoms with Gasteiger partial charge in [0.25, 0.3) is 0 Å². The standard InChI is InChI=1S/C13H7Br2F2NOS/c14-6-3-10(16)12(17)11(4-6)19-7-1-2-8(13(18)20)9(15)5-7/h1-5H,(H2,18,20). The minimum atomic E-state index is -1.05. The minimum absolute atomic E-state index is 0.216. The highest BCUT2D eigenvalue weighted by molar-refractivity contribution is 9.10. The van der Waals surface area contributed by atoms with Crippen LogP contribution in [0.1, 0.15) is 5.56 Å². The molecule has 0 heterocycles. The number of halogens is 4. The Morgan fingerprint density at radius 2 is 1.85 bits per heavy atom. The van der Waals surface area contributed by atoms with Crippen molar-refractivity contribution in [2.45, 2.75) is 0 Å². The zero-order valence-corrected chi connectivity index (χ0v) is 13.8. The molecule has 2 nitrogen and oxygen atoms in total. The van der Waals surface area contributed by atoms with Gasteiger partial charge in [0.05, 0.1) is 0 Å². The third-order valence-electron chi connectivity index (χ3n) is 2.39. The first kappa shape index (κ1) is 15.3. The maximum atomic E-state index is 13.6. The Labute approximate surface area is 136 Å². The van der Waals surface area contributed by atoms with Gasteiger partial charge >= 0.3 is 0 Å². The number of hydrogen-bond acceptors (Lipinski definition) is 2. The fourth-order valence-corrected chi connectivity index (χ4v) is 2.78. The molecule has 0 unspecified atom stereocenters. The number of benzene rings is 2. The molecule has 0 radical (unpaired) electrons. The van der Waals surface area contributed by atoms with Crippen LogP contribution in [-0.4, -0.2) is 4.99 Å². The van der Waals surface area contributed by atoms with Gasteiger partial charge in [-0.15, -0.1) is 0 Å². The first-order chi connectivity index (χ1) is 9.38. The summed E-state index contributed by atoms with van der Waals surface area (Å²) in [4.78, 5) is 0.225. The van der Waals surface area contributed by atoms with E-state index in [1.54, 1.807) is 18.2 Å². The summed E-state index contributed by atoms with van der Waals surface area (Å²) in [5.41, 5.74) is 6.16. The lowest BCUT2D eigenvalue weighted by molar-refractivity contribution is 0.415. The van der Waals surface area contributed by atoms with Crippen LogP contribution in [0.4, 0.5) is 8.78 Å². The topological polar surface area (TPSA) is 35.2 Å². The highest BCUT2D eigenvalue weighted by Gasteiger charge is 2.13. The molecule has 0 aliphatic heterocycles. The molecule has 0 fully saturated rings. The fraction of sp³-hybridized carbons (Fsp3) is 0. The van der Waals surface area contributed by atoms with Crippen molar-refractivity contribution < 1.29 is 13.5 Å². The van der Waals surface area contributed by atoms with E-state index in [4.69, 9.17) is 22.7 Å². The smallest absolute Gasteiger partial charge is 0.201 e. The number of rotatable bonds is 3. The third-order valence-corrected chi connectivity index (χ3v) is 3.73. The molecule has 2 aromatic carbocycles. The van der Waals surface area contributed by atoms with Crippen LogP contribution in [0.15, 0.2) is 39.3 Å². The van der Waals surface area contributed by atoms with Crippen LogP contribution in [0.2, 0.25) is 0 Å². The third kappa shape index (κ3) is 3.34. The summed E-state index contributed by atoms with van der Waals surface area (Å²) in [6.45, 7) is 0. The van der Waals surface area contributed by atoms with Crippen molar-refractivity contribution in [2.75, 3.05) is 0 Å². The molecular formula is C13H7Br2F2NOS. The van der Waals surface area contributed by atoms with Crippen molar-refractivity contribution >= 4 is 49.1 Å². The zero-order chi connectivity index (χ0) is 14.9. The van der Waals surface area contributed by atoms with Crippen molar-refractivity contribution in [2.24, 2.45) is 5.73 Å². The molecule has 2 N–H and O–H groups in total. The molecule has 2 aromatic rings. The molecular weight excluding hydrogens is 416 g/mol. The van der Waals surface area contributed by atoms with Crippen molar-refractivity contribution in [1.29, 1.82) is 0 Å². The molecule has 0 amide bonds. The van der Waals surface area contributed by atoms with Crippen LogP contribution < -0.4 is 10.5 Å². The van der Waals surface area contributed by atoms with Crippen LogP contribution in [0, 0.1) is 11.6 Å². The van der Waals surface area contributed by atoms with Crippen LogP contribution >= 0.6 is 44.1 Å². The molecule has 104 valence electrons. The number of ether oxygens (including phenoxy) is 1. The van der Waals surface area contributed by atoms with Crippen LogP contribution in [-0.2, 0) is 0 Å². The van der Waals surface area contributed by atoms with Crippen LogP contribution in [0.3, 0.4) is 0 Å². The van der Waals surface area contributed by atoms with Gasteiger partial charge in [0, 0.05) is 14.5 Å². The van der Waals surface area contributed by atoms with E-state index < -0.39 is 11.6 Å². The SMILES string of the molecule is NC(=S)c1ccc(Oc2cc(Br)cc(F)c2F)cc1Br. The monoisotopic (exact) mass is 421 g/mol. The van der Waals surface area contributed by atoms with E-state index in [1.807, 2.05) is 0 Å². The largest absolute Gasteiger partial charge is 0.454 e. The van der Waals surface area contributed by atoms with E-state index in [2.05, 4.69) is 31.9 Å². The molecule has 20 heavy (non-hydrogen) atoms. The maximum absolute atomic E-state index is 13.6. The van der Waals surface area contributed by atoms with Gasteiger partial charge in [-0.25, -0.2) is 4.39 Å². The second kappa shape index (κ2) is 6.15. The summed E-state index contributed by atoms with van der Waals surface area (Å²) in [7, 11) is 0. The molecule has 0 aliphatic carbocycles. The highest BCUT2D eigenvalue weighted by Crippen LogP contribution is 2.31. The summed E-state index contributed by atoms with van der Waals surface area (Å²) in [6.07, 6.45) is 0. The normalized spacial score (nSPS) is 10.4. The Kier molecular flexibility index (Phi) is 4.72. The Morgan fingerprint density at radius 1 is 1.15 bits per heavy atom. The maximum Gasteiger partial charge on any atom is 0.201 e. The Morgan fingerprint density at radius 3 is 2.45 bits per heavy atom. The molecule has 0 spiro atoms. The molecule has 0 aromatic heterocycles. The van der Waals surface area contributed by atoms with E-state index in [1.165, 1.54) is 6.07 Å². The van der Waals surface area contributed by atoms with Crippen molar-refractivity contribution in [3.05, 3.63) is 56.5 Å². The van der Waals surface area contributed by atoms with E-state index in [0.29, 0.717) is 20.3 Å². The van der Waals surface area contributed by atoms with Gasteiger partial charge < -0.3 is 10.5 Å². The van der Waals surface area contributed by atoms with Gasteiger partial charge in [-0.1, -0.05) is 28.1 Å². The van der Waals surface area contributed by atoms with Crippen molar-refractivity contribution in [1.82, 2.24) is 0 Å². The summed E-state index contributed by atoms with van der Waals surface area (Å²) < 4.78 is 33.2. The molecule has 2 rings (SSSR count). The molecule has 0 atom stereocenters. The van der Waals surface area contributed by atoms with Crippen LogP contribution in [0.5, 0.6) is 11.5 Å². The first-order valence-electron chi connectivity index (χ1n) is 5.30. The lowest BCUT2D eigenvalue weighted by Crippen LogP contribution is -2.09. The van der Waals surface area contributed by atoms with E-state index in [-0.39, 0.29) is 10.7 Å². The van der Waals surface area contributed by atoms with E-state index >= 15 is 0 Å². The number of thiocarbonyl (C=S) groups is 1. The summed E-state index contributed by atoms with van der Waals surface area (Å²) >= 11 is 11.2. The Hall–Kier alpha value is -1.05. The van der Waals surface area contributed by atoms with E-state index in [9.17, 15) is 8.78 Å². The molecule has 0 saturated heterocycles. The number of hydrogen-bond donors (Lipinski definition) is 1. The lowest BCUT2D eigenvalue weighted by Gasteiger charge is -2.10. The average molecular weight is 423 g/mol. The minimum Gasteiger partial charge on any atom is -0.454 e. The fourth-order valence-electron chi connectivity index (χ4n) is 1.49. The molecule has 0 aliphatic rings. The van der Waals surface area contributed by atoms with Crippen molar-refractivity contribution in [3.8, 4) is 11.5 Å². The molecule has 0 saturated carbocycles. The lowest BCUT2D eigenvalue weighted by atomic mass is 10.2. The second-order valence-corrected chi connectivity index (χ2v) is 6.02. The van der Waals surface area contributed by atoms with Gasteiger partial charge in [-0.05, 0) is 46.3 Å². The predicted octanol–water partition coefficient (Wildman–Crippen LogP) is 4.92. The first-order valence-corrected chi connectivity index (χ1v) is 7.29. The van der Waals surface area contributed by atoms with Gasteiger partial charge in [0.2, 0.25) is 5.82 Å². The Balaban J connectivity index is 2.36. The van der Waals surface area contributed by atoms with Gasteiger partial charge in [0.15, 0.2) is 11.6 Å².